The van der Waals surface area contributed by atoms with Crippen LogP contribution in [0.15, 0.2) is 18.3 Å². The molecule has 4 rings (SSSR count). The minimum atomic E-state index is -0.0877. The Kier molecular flexibility index (Phi) is 4.19. The van der Waals surface area contributed by atoms with E-state index in [1.54, 1.807) is 11.3 Å². The summed E-state index contributed by atoms with van der Waals surface area (Å²) in [5.41, 5.74) is 0.712. The third kappa shape index (κ3) is 3.19. The van der Waals surface area contributed by atoms with Crippen LogP contribution in [0, 0.1) is 6.92 Å². The summed E-state index contributed by atoms with van der Waals surface area (Å²) in [4.78, 5) is 10.4. The molecule has 0 bridgehead atoms. The van der Waals surface area contributed by atoms with Gasteiger partial charge in [0.15, 0.2) is 11.5 Å². The molecule has 1 saturated heterocycles. The summed E-state index contributed by atoms with van der Waals surface area (Å²) in [6.07, 6.45) is 1.99. The average Bonchev–Trinajstić information content (AvgIpc) is 3.11. The lowest BCUT2D eigenvalue weighted by Gasteiger charge is -2.44. The maximum Gasteiger partial charge on any atom is 0.178 e. The van der Waals surface area contributed by atoms with E-state index in [1.165, 1.54) is 4.88 Å². The summed E-state index contributed by atoms with van der Waals surface area (Å²) in [6, 6.07) is 4.58. The van der Waals surface area contributed by atoms with Crippen LogP contribution in [0.25, 0.3) is 5.65 Å². The molecule has 3 aromatic rings. The smallest absolute Gasteiger partial charge is 0.178 e. The second kappa shape index (κ2) is 6.28. The summed E-state index contributed by atoms with van der Waals surface area (Å²) in [7, 11) is 2.19. The molecule has 0 aromatic carbocycles. The predicted molar refractivity (Wildman–Crippen MR) is 104 cm³/mol. The Balaban J connectivity index is 1.45. The van der Waals surface area contributed by atoms with Gasteiger partial charge < -0.3 is 4.90 Å². The van der Waals surface area contributed by atoms with Crippen LogP contribution >= 0.6 is 11.3 Å². The van der Waals surface area contributed by atoms with Crippen molar-refractivity contribution in [2.45, 2.75) is 45.7 Å². The van der Waals surface area contributed by atoms with E-state index in [-0.39, 0.29) is 5.41 Å². The zero-order valence-corrected chi connectivity index (χ0v) is 16.8. The number of rotatable bonds is 4. The SMILES string of the molecule is Cc1ncc(CN(C)C2CN(c3ccc4nnc(C(C)(C)C)n4n3)C2)s1. The second-order valence-electron chi connectivity index (χ2n) is 8.05. The molecule has 0 N–H and O–H groups in total. The zero-order valence-electron chi connectivity index (χ0n) is 16.0. The predicted octanol–water partition coefficient (Wildman–Crippen LogP) is 2.51. The standard InChI is InChI=1S/C18H25N7S/c1-12-19-8-14(26-12)11-23(5)13-9-24(10-13)16-7-6-15-20-21-17(18(2,3)4)25(15)22-16/h6-8,13H,9-11H2,1-5H3. The van der Waals surface area contributed by atoms with Gasteiger partial charge in [-0.25, -0.2) is 4.98 Å². The molecule has 0 saturated carbocycles. The summed E-state index contributed by atoms with van der Waals surface area (Å²) < 4.78 is 1.88. The van der Waals surface area contributed by atoms with E-state index < -0.39 is 0 Å². The van der Waals surface area contributed by atoms with Gasteiger partial charge in [0.2, 0.25) is 0 Å². The first-order valence-electron chi connectivity index (χ1n) is 8.91. The largest absolute Gasteiger partial charge is 0.352 e. The Morgan fingerprint density at radius 3 is 2.65 bits per heavy atom. The highest BCUT2D eigenvalue weighted by Crippen LogP contribution is 2.25. The maximum absolute atomic E-state index is 4.80. The van der Waals surface area contributed by atoms with Gasteiger partial charge in [0.25, 0.3) is 0 Å². The third-order valence-corrected chi connectivity index (χ3v) is 5.70. The first-order chi connectivity index (χ1) is 12.3. The van der Waals surface area contributed by atoms with Gasteiger partial charge in [0.05, 0.1) is 5.01 Å². The van der Waals surface area contributed by atoms with Crippen LogP contribution in [-0.4, -0.2) is 55.9 Å². The molecule has 1 fully saturated rings. The van der Waals surface area contributed by atoms with Crippen LogP contribution in [0.1, 0.15) is 36.5 Å². The van der Waals surface area contributed by atoms with E-state index in [9.17, 15) is 0 Å². The number of anilines is 1. The van der Waals surface area contributed by atoms with Gasteiger partial charge in [-0.15, -0.1) is 26.6 Å². The number of likely N-dealkylation sites (N-methyl/N-ethyl adjacent to an activating group) is 1. The first kappa shape index (κ1) is 17.4. The summed E-state index contributed by atoms with van der Waals surface area (Å²) in [6.45, 7) is 11.4. The second-order valence-corrected chi connectivity index (χ2v) is 9.37. The summed E-state index contributed by atoms with van der Waals surface area (Å²) in [5, 5.41) is 14.5. The lowest BCUT2D eigenvalue weighted by atomic mass is 9.96. The van der Waals surface area contributed by atoms with Gasteiger partial charge in [-0.05, 0) is 26.1 Å². The molecule has 0 atom stereocenters. The Bertz CT molecular complexity index is 917. The van der Waals surface area contributed by atoms with Crippen LogP contribution in [0.2, 0.25) is 0 Å². The molecule has 1 aliphatic heterocycles. The lowest BCUT2D eigenvalue weighted by molar-refractivity contribution is 0.198. The molecular weight excluding hydrogens is 346 g/mol. The summed E-state index contributed by atoms with van der Waals surface area (Å²) in [5.74, 6) is 1.88. The van der Waals surface area contributed by atoms with Gasteiger partial charge in [-0.1, -0.05) is 20.8 Å². The Labute approximate surface area is 157 Å². The fourth-order valence-electron chi connectivity index (χ4n) is 3.19. The highest BCUT2D eigenvalue weighted by molar-refractivity contribution is 7.11. The Hall–Kier alpha value is -2.06. The topological polar surface area (TPSA) is 62.5 Å². The van der Waals surface area contributed by atoms with Crippen molar-refractivity contribution in [2.24, 2.45) is 0 Å². The fourth-order valence-corrected chi connectivity index (χ4v) is 4.05. The quantitative estimate of drug-likeness (QED) is 0.702. The number of fused-ring (bicyclic) bond motifs is 1. The molecule has 138 valence electrons. The number of aromatic nitrogens is 5. The number of aryl methyl sites for hydroxylation is 1. The van der Waals surface area contributed by atoms with E-state index in [4.69, 9.17) is 5.10 Å². The van der Waals surface area contributed by atoms with Crippen molar-refractivity contribution < 1.29 is 0 Å². The van der Waals surface area contributed by atoms with Crippen molar-refractivity contribution in [3.8, 4) is 0 Å². The van der Waals surface area contributed by atoms with Crippen LogP contribution in [0.3, 0.4) is 0 Å². The normalized spacial score (nSPS) is 15.8. The van der Waals surface area contributed by atoms with Crippen molar-refractivity contribution in [3.05, 3.63) is 34.0 Å². The Morgan fingerprint density at radius 2 is 2.00 bits per heavy atom. The highest BCUT2D eigenvalue weighted by atomic mass is 32.1. The van der Waals surface area contributed by atoms with E-state index in [0.29, 0.717) is 6.04 Å². The van der Waals surface area contributed by atoms with Crippen molar-refractivity contribution in [1.82, 2.24) is 29.7 Å². The minimum absolute atomic E-state index is 0.0877. The minimum Gasteiger partial charge on any atom is -0.352 e. The molecule has 7 nitrogen and oxygen atoms in total. The van der Waals surface area contributed by atoms with Crippen molar-refractivity contribution in [1.29, 1.82) is 0 Å². The molecule has 8 heteroatoms. The Morgan fingerprint density at radius 1 is 1.23 bits per heavy atom. The van der Waals surface area contributed by atoms with Crippen molar-refractivity contribution in [3.63, 3.8) is 0 Å². The molecule has 4 heterocycles. The van der Waals surface area contributed by atoms with Gasteiger partial charge in [-0.2, -0.15) is 4.52 Å². The van der Waals surface area contributed by atoms with E-state index >= 15 is 0 Å². The molecule has 0 amide bonds. The zero-order chi connectivity index (χ0) is 18.5. The lowest BCUT2D eigenvalue weighted by Crippen LogP contribution is -2.58. The molecule has 3 aromatic heterocycles. The maximum atomic E-state index is 4.80. The van der Waals surface area contributed by atoms with Crippen LogP contribution in [0.5, 0.6) is 0 Å². The van der Waals surface area contributed by atoms with Crippen molar-refractivity contribution >= 4 is 22.8 Å². The van der Waals surface area contributed by atoms with E-state index in [0.717, 1.165) is 41.9 Å². The third-order valence-electron chi connectivity index (χ3n) is 4.80. The van der Waals surface area contributed by atoms with E-state index in [2.05, 4.69) is 59.7 Å². The molecule has 26 heavy (non-hydrogen) atoms. The molecule has 0 unspecified atom stereocenters. The number of thiazole rings is 1. The van der Waals surface area contributed by atoms with Gasteiger partial charge in [-0.3, -0.25) is 4.90 Å². The number of nitrogens with zero attached hydrogens (tertiary/aromatic N) is 7. The van der Waals surface area contributed by atoms with Gasteiger partial charge >= 0.3 is 0 Å². The molecule has 0 radical (unpaired) electrons. The van der Waals surface area contributed by atoms with Gasteiger partial charge in [0.1, 0.15) is 5.82 Å². The van der Waals surface area contributed by atoms with Crippen LogP contribution < -0.4 is 4.90 Å². The molecule has 0 spiro atoms. The highest BCUT2D eigenvalue weighted by Gasteiger charge is 2.32. The van der Waals surface area contributed by atoms with Crippen LogP contribution in [0.4, 0.5) is 5.82 Å². The van der Waals surface area contributed by atoms with Crippen molar-refractivity contribution in [2.75, 3.05) is 25.0 Å². The molecular formula is C18H25N7S. The monoisotopic (exact) mass is 371 g/mol. The molecule has 1 aliphatic rings. The van der Waals surface area contributed by atoms with E-state index in [1.807, 2.05) is 22.8 Å². The fraction of sp³-hybridized carbons (Fsp3) is 0.556. The average molecular weight is 372 g/mol. The first-order valence-corrected chi connectivity index (χ1v) is 9.72. The van der Waals surface area contributed by atoms with Gasteiger partial charge in [0, 0.05) is 42.2 Å². The number of hydrogen-bond donors (Lipinski definition) is 0. The molecule has 0 aliphatic carbocycles. The summed E-state index contributed by atoms with van der Waals surface area (Å²) >= 11 is 1.78. The van der Waals surface area contributed by atoms with Crippen LogP contribution in [-0.2, 0) is 12.0 Å². The number of hydrogen-bond acceptors (Lipinski definition) is 7.